The third kappa shape index (κ3) is 6.01. The standard InChI is InChI=1S/C39H20N4O.C35H18N4O.C34H20N4O/c1-3-11-25-21(9-1)23-17-19-31-35-33(23)37-40(25)27-13-5-7-15-29(27)42(37)39(35)36-32(44-31)20-18-24-22-10-2-4-12-26(22)41-28-14-6-8-16-30(28)43(39)38(41)34(24)36;1-3-9-23-19(7-1)21-13-15-27-31-29(21)33-36(23)17-18-37(33)35(31)32-28(40-27)16-14-22-20-8-2-4-10-24(20)38-25-11-5-6-12-26(25)39(35)34(38)30(22)32;1-35-23-12-4-6-14-25(23)37-32(35)21-10-8-16-27-30(21)34(37)31-28(39-27)18-17-20-19-9-2-3-11-22(19)36-24-13-5-7-15-26(24)38(34)33(36)29(20)31/h1-20H;1-18H;2-18H,1H3/q3*+2. The van der Waals surface area contributed by atoms with Crippen LogP contribution in [0.5, 0.6) is 34.5 Å². The number of rotatable bonds is 0. The number of imidazole rings is 6. The lowest BCUT2D eigenvalue weighted by atomic mass is 9.84. The number of para-hydroxylation sites is 15. The van der Waals surface area contributed by atoms with E-state index in [0.29, 0.717) is 0 Å². The van der Waals surface area contributed by atoms with Gasteiger partial charge in [0.25, 0.3) is 11.5 Å². The van der Waals surface area contributed by atoms with Gasteiger partial charge in [-0.1, -0.05) is 158 Å². The lowest BCUT2D eigenvalue weighted by molar-refractivity contribution is -0.934. The molecular weight excluding hydrogens is 1510 g/mol. The van der Waals surface area contributed by atoms with E-state index in [-0.39, 0.29) is 0 Å². The maximum Gasteiger partial charge on any atom is 0.316 e. The van der Waals surface area contributed by atoms with Crippen molar-refractivity contribution in [2.45, 2.75) is 17.0 Å². The predicted molar refractivity (Wildman–Crippen MR) is 477 cm³/mol. The fourth-order valence-electron chi connectivity index (χ4n) is 26.3. The minimum atomic E-state index is -0.663. The lowest BCUT2D eigenvalue weighted by Gasteiger charge is -2.31. The molecule has 0 aliphatic carbocycles. The maximum absolute atomic E-state index is 6.95. The molecule has 27 aromatic rings. The molecular formula is C108H58N12O3+6. The van der Waals surface area contributed by atoms with Gasteiger partial charge in [-0.15, -0.1) is 0 Å². The number of fused-ring (bicyclic) bond motifs is 31. The number of benzene rings is 16. The first kappa shape index (κ1) is 60.9. The monoisotopic (exact) mass is 1570 g/mol. The molecule has 20 heterocycles. The molecule has 0 fully saturated rings. The fourth-order valence-corrected chi connectivity index (χ4v) is 26.3. The van der Waals surface area contributed by atoms with Gasteiger partial charge in [-0.05, 0) is 164 Å². The van der Waals surface area contributed by atoms with E-state index in [4.69, 9.17) is 14.2 Å². The summed E-state index contributed by atoms with van der Waals surface area (Å²) in [6.45, 7) is 0. The van der Waals surface area contributed by atoms with E-state index in [2.05, 4.69) is 395 Å². The molecule has 0 radical (unpaired) electrons. The summed E-state index contributed by atoms with van der Waals surface area (Å²) in [4.78, 5) is 0. The molecule has 15 heteroatoms. The first-order chi connectivity index (χ1) is 61.0. The fraction of sp³-hybridized carbons (Fsp3) is 0.0370. The molecule has 15 nitrogen and oxygen atoms in total. The summed E-state index contributed by atoms with van der Waals surface area (Å²) in [7, 11) is 2.19. The van der Waals surface area contributed by atoms with Crippen LogP contribution in [0.25, 0.3) is 203 Å². The van der Waals surface area contributed by atoms with Crippen LogP contribution in [-0.2, 0) is 24.0 Å². The molecule has 2 unspecified atom stereocenters. The number of aryl methyl sites for hydroxylation is 1. The van der Waals surface area contributed by atoms with Gasteiger partial charge >= 0.3 is 39.6 Å². The molecule has 2 atom stereocenters. The van der Waals surface area contributed by atoms with Crippen LogP contribution < -0.4 is 41.6 Å². The average Bonchev–Trinajstić information content (AvgIpc) is 1.46. The molecule has 0 bridgehead atoms. The van der Waals surface area contributed by atoms with Crippen LogP contribution in [0.4, 0.5) is 0 Å². The lowest BCUT2D eigenvalue weighted by Crippen LogP contribution is -2.71. The normalized spacial score (nSPS) is 16.8. The molecule has 562 valence electrons. The van der Waals surface area contributed by atoms with E-state index in [0.717, 1.165) is 34.5 Å². The highest BCUT2D eigenvalue weighted by Gasteiger charge is 2.71. The summed E-state index contributed by atoms with van der Waals surface area (Å²) >= 11 is 0. The van der Waals surface area contributed by atoms with Crippen LogP contribution in [0.2, 0.25) is 0 Å². The largest absolute Gasteiger partial charge is 0.456 e. The molecule has 16 aromatic carbocycles. The number of aromatic nitrogens is 12. The average molecular weight is 1570 g/mol. The van der Waals surface area contributed by atoms with E-state index in [1.807, 2.05) is 0 Å². The Hall–Kier alpha value is -16.5. The Labute approximate surface area is 692 Å². The van der Waals surface area contributed by atoms with Gasteiger partial charge in [0.2, 0.25) is 0 Å². The van der Waals surface area contributed by atoms with E-state index < -0.39 is 17.0 Å². The zero-order valence-corrected chi connectivity index (χ0v) is 65.3. The zero-order chi connectivity index (χ0) is 78.7. The number of pyridine rings is 5. The van der Waals surface area contributed by atoms with Crippen LogP contribution in [0.15, 0.2) is 334 Å². The summed E-state index contributed by atoms with van der Waals surface area (Å²) < 4.78 is 50.9. The van der Waals surface area contributed by atoms with Gasteiger partial charge in [-0.2, -0.15) is 49.4 Å². The molecule has 11 aromatic heterocycles. The summed E-state index contributed by atoms with van der Waals surface area (Å²) in [5.41, 5.74) is 31.2. The topological polar surface area (TPSA) is 78.0 Å². The molecule has 0 saturated heterocycles. The minimum absolute atomic E-state index is 0.593. The van der Waals surface area contributed by atoms with Gasteiger partial charge in [-0.3, -0.25) is 0 Å². The molecule has 9 aliphatic heterocycles. The Morgan fingerprint density at radius 3 is 0.894 bits per heavy atom. The first-order valence-corrected chi connectivity index (χ1v) is 42.5. The van der Waals surface area contributed by atoms with E-state index >= 15 is 0 Å². The third-order valence-corrected chi connectivity index (χ3v) is 30.1. The van der Waals surface area contributed by atoms with Crippen molar-refractivity contribution in [2.24, 2.45) is 7.05 Å². The second-order valence-corrected chi connectivity index (χ2v) is 34.9. The Morgan fingerprint density at radius 1 is 0.228 bits per heavy atom. The highest BCUT2D eigenvalue weighted by Crippen LogP contribution is 2.64. The van der Waals surface area contributed by atoms with Gasteiger partial charge < -0.3 is 14.2 Å². The van der Waals surface area contributed by atoms with Gasteiger partial charge in [-0.25, -0.2) is 4.57 Å². The predicted octanol–water partition coefficient (Wildman–Crippen LogP) is 20.4. The van der Waals surface area contributed by atoms with Crippen LogP contribution in [0.1, 0.15) is 33.4 Å². The quantitative estimate of drug-likeness (QED) is 0.112. The molecule has 9 aliphatic rings. The summed E-state index contributed by atoms with van der Waals surface area (Å²) in [6.07, 6.45) is 4.53. The van der Waals surface area contributed by atoms with Gasteiger partial charge in [0.05, 0.1) is 39.5 Å². The molecule has 36 rings (SSSR count). The van der Waals surface area contributed by atoms with Crippen molar-refractivity contribution in [1.82, 2.24) is 26.6 Å². The van der Waals surface area contributed by atoms with E-state index in [9.17, 15) is 0 Å². The summed E-state index contributed by atoms with van der Waals surface area (Å²) in [5, 5.41) is 19.0. The molecule has 0 amide bonds. The van der Waals surface area contributed by atoms with Crippen molar-refractivity contribution in [2.75, 3.05) is 0 Å². The zero-order valence-electron chi connectivity index (χ0n) is 65.3. The Kier molecular flexibility index (Phi) is 9.70. The number of ether oxygens (including phenoxy) is 3. The van der Waals surface area contributed by atoms with E-state index in [1.54, 1.807) is 0 Å². The number of hydrogen-bond acceptors (Lipinski definition) is 3. The third-order valence-electron chi connectivity index (χ3n) is 30.1. The smallest absolute Gasteiger partial charge is 0.316 e. The number of nitrogens with zero attached hydrogens (tertiary/aromatic N) is 12. The summed E-state index contributed by atoms with van der Waals surface area (Å²) in [5.74, 6) is 6.81. The molecule has 3 spiro atoms. The number of hydrogen-bond donors (Lipinski definition) is 0. The van der Waals surface area contributed by atoms with Crippen LogP contribution >= 0.6 is 0 Å². The van der Waals surface area contributed by atoms with Gasteiger partial charge in [0.1, 0.15) is 108 Å². The van der Waals surface area contributed by atoms with Gasteiger partial charge in [0, 0.05) is 53.9 Å². The van der Waals surface area contributed by atoms with Crippen LogP contribution in [0.3, 0.4) is 0 Å². The Balaban J connectivity index is 0.0000000850. The van der Waals surface area contributed by atoms with Crippen LogP contribution in [-0.4, -0.2) is 26.6 Å². The van der Waals surface area contributed by atoms with Crippen molar-refractivity contribution < 1.29 is 41.6 Å². The van der Waals surface area contributed by atoms with Crippen LogP contribution in [0, 0.1) is 0 Å². The Bertz CT molecular complexity index is 9950. The highest BCUT2D eigenvalue weighted by molar-refractivity contribution is 6.23. The van der Waals surface area contributed by atoms with Crippen molar-refractivity contribution in [3.63, 3.8) is 0 Å². The maximum atomic E-state index is 6.95. The summed E-state index contributed by atoms with van der Waals surface area (Å²) in [6, 6.07) is 117. The molecule has 123 heavy (non-hydrogen) atoms. The minimum Gasteiger partial charge on any atom is -0.456 e. The van der Waals surface area contributed by atoms with Crippen molar-refractivity contribution >= 4 is 192 Å². The van der Waals surface area contributed by atoms with E-state index in [1.165, 1.54) is 237 Å². The first-order valence-electron chi connectivity index (χ1n) is 42.5. The second-order valence-electron chi connectivity index (χ2n) is 34.9. The van der Waals surface area contributed by atoms with Crippen molar-refractivity contribution in [1.29, 1.82) is 0 Å². The highest BCUT2D eigenvalue weighted by atomic mass is 16.5. The molecule has 0 N–H and O–H groups in total. The second kappa shape index (κ2) is 19.6. The van der Waals surface area contributed by atoms with Crippen molar-refractivity contribution in [3.8, 4) is 45.9 Å². The SMILES string of the molecule is Cn1c2[n+](c3ccccc31)C13c4c(cccc4-2)Oc2ccc4c5ccccc5n5c6ccccc6[n+]1c5c4c23.c1ccc2c(c1)c1ccc3c4c1c1n2c2ccccc2[n+]1C41c2c(ccc4c5ccccc5n5c6ccccc6[n+]1c5c24)O3.c1ccc2c(c1)c1ccc3c4c1c1n2cc[n+]1C41c2c(ccc4c5ccccc5n5c6ccccc6[n+]1c5c24)O3. The van der Waals surface area contributed by atoms with Crippen molar-refractivity contribution in [3.05, 3.63) is 367 Å². The molecule has 0 saturated carbocycles. The van der Waals surface area contributed by atoms with Gasteiger partial charge in [0.15, 0.2) is 55.2 Å². The Morgan fingerprint density at radius 2 is 0.512 bits per heavy atom.